The molecule has 0 saturated heterocycles. The quantitative estimate of drug-likeness (QED) is 0.767. The van der Waals surface area contributed by atoms with Crippen LogP contribution in [0.15, 0.2) is 29.8 Å². The second-order valence-corrected chi connectivity index (χ2v) is 5.14. The molecule has 1 aliphatic carbocycles. The highest BCUT2D eigenvalue weighted by Gasteiger charge is 2.15. The van der Waals surface area contributed by atoms with E-state index in [1.165, 1.54) is 25.3 Å². The van der Waals surface area contributed by atoms with Crippen molar-refractivity contribution in [1.82, 2.24) is 0 Å². The Labute approximate surface area is 108 Å². The Morgan fingerprint density at radius 1 is 1.17 bits per heavy atom. The molecule has 1 atom stereocenters. The van der Waals surface area contributed by atoms with Crippen LogP contribution in [0.25, 0.3) is 0 Å². The number of allylic oxidation sites excluding steroid dienone is 1. The molecule has 0 fully saturated rings. The third-order valence-electron chi connectivity index (χ3n) is 3.68. The van der Waals surface area contributed by atoms with Crippen LogP contribution in [0.2, 0.25) is 0 Å². The largest absolute Gasteiger partial charge is 0.384 e. The van der Waals surface area contributed by atoms with E-state index in [1.807, 2.05) is 0 Å². The Kier molecular flexibility index (Phi) is 4.54. The van der Waals surface area contributed by atoms with Gasteiger partial charge in [0.2, 0.25) is 0 Å². The van der Waals surface area contributed by atoms with Crippen LogP contribution in [0.1, 0.15) is 55.8 Å². The van der Waals surface area contributed by atoms with Crippen LogP contribution < -0.4 is 0 Å². The number of hydrogen-bond acceptors (Lipinski definition) is 1. The van der Waals surface area contributed by atoms with Crippen LogP contribution in [0.3, 0.4) is 0 Å². The van der Waals surface area contributed by atoms with Gasteiger partial charge in [0.25, 0.3) is 0 Å². The first-order valence-corrected chi connectivity index (χ1v) is 6.81. The van der Waals surface area contributed by atoms with Gasteiger partial charge in [-0.15, -0.1) is 0 Å². The molecule has 0 aromatic heterocycles. The summed E-state index contributed by atoms with van der Waals surface area (Å²) in [4.78, 5) is 0. The molecule has 0 amide bonds. The van der Waals surface area contributed by atoms with E-state index in [4.69, 9.17) is 0 Å². The van der Waals surface area contributed by atoms with Crippen LogP contribution in [0, 0.1) is 12.7 Å². The molecule has 1 aliphatic rings. The van der Waals surface area contributed by atoms with E-state index in [0.29, 0.717) is 5.56 Å². The molecule has 0 aliphatic heterocycles. The minimum atomic E-state index is -0.567. The molecular weight excluding hydrogens is 227 g/mol. The molecule has 98 valence electrons. The van der Waals surface area contributed by atoms with Crippen molar-refractivity contribution in [2.24, 2.45) is 0 Å². The van der Waals surface area contributed by atoms with Gasteiger partial charge >= 0.3 is 0 Å². The fourth-order valence-corrected chi connectivity index (χ4v) is 2.52. The lowest BCUT2D eigenvalue weighted by atomic mass is 9.92. The molecule has 0 radical (unpaired) electrons. The second kappa shape index (κ2) is 6.14. The number of halogens is 1. The molecule has 18 heavy (non-hydrogen) atoms. The van der Waals surface area contributed by atoms with E-state index < -0.39 is 6.10 Å². The van der Waals surface area contributed by atoms with Gasteiger partial charge in [0.1, 0.15) is 11.9 Å². The van der Waals surface area contributed by atoms with Crippen molar-refractivity contribution in [2.45, 2.75) is 51.6 Å². The minimum absolute atomic E-state index is 0.211. The first-order chi connectivity index (χ1) is 8.68. The van der Waals surface area contributed by atoms with Gasteiger partial charge in [0.05, 0.1) is 0 Å². The smallest absolute Gasteiger partial charge is 0.126 e. The summed E-state index contributed by atoms with van der Waals surface area (Å²) in [6, 6.07) is 4.88. The van der Waals surface area contributed by atoms with Gasteiger partial charge in [-0.05, 0) is 55.4 Å². The lowest BCUT2D eigenvalue weighted by Crippen LogP contribution is -2.04. The predicted molar refractivity (Wildman–Crippen MR) is 71.9 cm³/mol. The molecule has 0 spiro atoms. The summed E-state index contributed by atoms with van der Waals surface area (Å²) in [7, 11) is 0. The maximum atomic E-state index is 13.2. The van der Waals surface area contributed by atoms with Gasteiger partial charge < -0.3 is 5.11 Å². The van der Waals surface area contributed by atoms with Gasteiger partial charge in [0.15, 0.2) is 0 Å². The summed E-state index contributed by atoms with van der Waals surface area (Å²) in [6.45, 7) is 1.73. The van der Waals surface area contributed by atoms with Crippen molar-refractivity contribution in [3.05, 3.63) is 46.8 Å². The van der Waals surface area contributed by atoms with Crippen molar-refractivity contribution < 1.29 is 9.50 Å². The van der Waals surface area contributed by atoms with E-state index in [-0.39, 0.29) is 5.82 Å². The Balaban J connectivity index is 2.18. The number of benzene rings is 1. The normalized spacial score (nSPS) is 21.6. The highest BCUT2D eigenvalue weighted by atomic mass is 19.1. The molecule has 1 nitrogen and oxygen atoms in total. The third kappa shape index (κ3) is 3.20. The SMILES string of the molecule is Cc1cc(C(O)/C2=C/CCCCCC2)ccc1F. The van der Waals surface area contributed by atoms with Crippen molar-refractivity contribution in [3.8, 4) is 0 Å². The molecule has 1 aromatic carbocycles. The Bertz CT molecular complexity index is 437. The average molecular weight is 248 g/mol. The van der Waals surface area contributed by atoms with Gasteiger partial charge in [0, 0.05) is 0 Å². The second-order valence-electron chi connectivity index (χ2n) is 5.14. The molecule has 2 rings (SSSR count). The number of hydrogen-bond donors (Lipinski definition) is 1. The zero-order valence-corrected chi connectivity index (χ0v) is 11.0. The van der Waals surface area contributed by atoms with Gasteiger partial charge in [-0.3, -0.25) is 0 Å². The zero-order chi connectivity index (χ0) is 13.0. The van der Waals surface area contributed by atoms with Crippen molar-refractivity contribution in [2.75, 3.05) is 0 Å². The molecule has 0 heterocycles. The summed E-state index contributed by atoms with van der Waals surface area (Å²) in [5, 5.41) is 10.4. The minimum Gasteiger partial charge on any atom is -0.384 e. The van der Waals surface area contributed by atoms with Crippen LogP contribution in [0.4, 0.5) is 4.39 Å². The first kappa shape index (κ1) is 13.3. The van der Waals surface area contributed by atoms with E-state index in [1.54, 1.807) is 19.1 Å². The van der Waals surface area contributed by atoms with E-state index in [0.717, 1.165) is 30.4 Å². The highest BCUT2D eigenvalue weighted by Crippen LogP contribution is 2.29. The van der Waals surface area contributed by atoms with Crippen molar-refractivity contribution in [3.63, 3.8) is 0 Å². The zero-order valence-electron chi connectivity index (χ0n) is 11.0. The molecule has 0 bridgehead atoms. The number of aryl methyl sites for hydroxylation is 1. The predicted octanol–water partition coefficient (Wildman–Crippen LogP) is 4.45. The van der Waals surface area contributed by atoms with Crippen LogP contribution in [-0.4, -0.2) is 5.11 Å². The fraction of sp³-hybridized carbons (Fsp3) is 0.500. The molecule has 1 unspecified atom stereocenters. The van der Waals surface area contributed by atoms with Gasteiger partial charge in [-0.1, -0.05) is 31.1 Å². The maximum absolute atomic E-state index is 13.2. The van der Waals surface area contributed by atoms with E-state index in [9.17, 15) is 9.50 Å². The van der Waals surface area contributed by atoms with E-state index >= 15 is 0 Å². The highest BCUT2D eigenvalue weighted by molar-refractivity contribution is 5.30. The molecule has 2 heteroatoms. The monoisotopic (exact) mass is 248 g/mol. The van der Waals surface area contributed by atoms with Gasteiger partial charge in [-0.25, -0.2) is 4.39 Å². The molecule has 0 saturated carbocycles. The molecule has 1 aromatic rings. The summed E-state index contributed by atoms with van der Waals surface area (Å²) >= 11 is 0. The first-order valence-electron chi connectivity index (χ1n) is 6.81. The van der Waals surface area contributed by atoms with E-state index in [2.05, 4.69) is 6.08 Å². The van der Waals surface area contributed by atoms with Crippen LogP contribution >= 0.6 is 0 Å². The number of rotatable bonds is 2. The molecule has 1 N–H and O–H groups in total. The third-order valence-corrected chi connectivity index (χ3v) is 3.68. The summed E-state index contributed by atoms with van der Waals surface area (Å²) in [6.07, 6.45) is 8.48. The van der Waals surface area contributed by atoms with Crippen molar-refractivity contribution in [1.29, 1.82) is 0 Å². The summed E-state index contributed by atoms with van der Waals surface area (Å²) < 4.78 is 13.2. The fourth-order valence-electron chi connectivity index (χ4n) is 2.52. The van der Waals surface area contributed by atoms with Gasteiger partial charge in [-0.2, -0.15) is 0 Å². The Morgan fingerprint density at radius 3 is 2.72 bits per heavy atom. The maximum Gasteiger partial charge on any atom is 0.126 e. The lowest BCUT2D eigenvalue weighted by molar-refractivity contribution is 0.209. The Morgan fingerprint density at radius 2 is 1.94 bits per heavy atom. The summed E-state index contributed by atoms with van der Waals surface area (Å²) in [5.74, 6) is -0.211. The van der Waals surface area contributed by atoms with Crippen molar-refractivity contribution >= 4 is 0 Å². The lowest BCUT2D eigenvalue weighted by Gasteiger charge is -2.18. The number of aliphatic hydroxyl groups is 1. The Hall–Kier alpha value is -1.15. The topological polar surface area (TPSA) is 20.2 Å². The standard InChI is InChI=1S/C16H21FO/c1-12-11-14(9-10-15(12)17)16(18)13-7-5-3-2-4-6-8-13/h7,9-11,16,18H,2-6,8H2,1H3/b13-7+. The average Bonchev–Trinajstić information content (AvgIpc) is 2.31. The summed E-state index contributed by atoms with van der Waals surface area (Å²) in [5.41, 5.74) is 2.50. The number of aliphatic hydroxyl groups excluding tert-OH is 1. The molecular formula is C16H21FO. The van der Waals surface area contributed by atoms with Crippen LogP contribution in [-0.2, 0) is 0 Å². The van der Waals surface area contributed by atoms with Crippen LogP contribution in [0.5, 0.6) is 0 Å².